The SMILES string of the molecule is CCOCCOC(=O)CSCC(=O)Nc1ccc(Cl)cc1C. The van der Waals surface area contributed by atoms with Crippen molar-refractivity contribution in [1.29, 1.82) is 0 Å². The zero-order valence-electron chi connectivity index (χ0n) is 12.7. The number of amides is 1. The summed E-state index contributed by atoms with van der Waals surface area (Å²) < 4.78 is 10.0. The van der Waals surface area contributed by atoms with Gasteiger partial charge in [0.2, 0.25) is 5.91 Å². The molecule has 1 amide bonds. The number of nitrogens with one attached hydrogen (secondary N) is 1. The van der Waals surface area contributed by atoms with Crippen LogP contribution in [0.3, 0.4) is 0 Å². The molecule has 0 atom stereocenters. The van der Waals surface area contributed by atoms with Gasteiger partial charge in [0.1, 0.15) is 6.61 Å². The van der Waals surface area contributed by atoms with Crippen molar-refractivity contribution in [2.75, 3.05) is 36.6 Å². The Kier molecular flexibility index (Phi) is 8.96. The smallest absolute Gasteiger partial charge is 0.315 e. The van der Waals surface area contributed by atoms with Crippen LogP contribution in [0.15, 0.2) is 18.2 Å². The lowest BCUT2D eigenvalue weighted by molar-refractivity contribution is -0.141. The van der Waals surface area contributed by atoms with Gasteiger partial charge in [0.05, 0.1) is 18.1 Å². The van der Waals surface area contributed by atoms with Gasteiger partial charge in [0, 0.05) is 17.3 Å². The lowest BCUT2D eigenvalue weighted by Gasteiger charge is -2.08. The Bertz CT molecular complexity index is 510. The van der Waals surface area contributed by atoms with Crippen LogP contribution in [0.2, 0.25) is 5.02 Å². The fraction of sp³-hybridized carbons (Fsp3) is 0.467. The molecule has 0 fully saturated rings. The van der Waals surface area contributed by atoms with Crippen molar-refractivity contribution in [3.63, 3.8) is 0 Å². The van der Waals surface area contributed by atoms with E-state index in [1.807, 2.05) is 13.8 Å². The maximum Gasteiger partial charge on any atom is 0.315 e. The Hall–Kier alpha value is -1.24. The maximum absolute atomic E-state index is 11.8. The molecule has 0 bridgehead atoms. The first kappa shape index (κ1) is 18.8. The number of hydrogen-bond donors (Lipinski definition) is 1. The van der Waals surface area contributed by atoms with Gasteiger partial charge in [-0.25, -0.2) is 0 Å². The molecule has 1 aromatic carbocycles. The Morgan fingerprint density at radius 1 is 1.27 bits per heavy atom. The molecule has 0 spiro atoms. The third kappa shape index (κ3) is 7.68. The summed E-state index contributed by atoms with van der Waals surface area (Å²) in [6, 6.07) is 5.25. The summed E-state index contributed by atoms with van der Waals surface area (Å²) in [5, 5.41) is 3.41. The quantitative estimate of drug-likeness (QED) is 0.550. The minimum Gasteiger partial charge on any atom is -0.463 e. The summed E-state index contributed by atoms with van der Waals surface area (Å²) >= 11 is 7.06. The highest BCUT2D eigenvalue weighted by atomic mass is 35.5. The van der Waals surface area contributed by atoms with Crippen LogP contribution in [0.4, 0.5) is 5.69 Å². The second kappa shape index (κ2) is 10.5. The number of esters is 1. The number of rotatable bonds is 9. The molecular weight excluding hydrogens is 326 g/mol. The molecule has 1 aromatic rings. The van der Waals surface area contributed by atoms with Gasteiger partial charge < -0.3 is 14.8 Å². The normalized spacial score (nSPS) is 10.3. The Balaban J connectivity index is 2.21. The number of benzene rings is 1. The maximum atomic E-state index is 11.8. The van der Waals surface area contributed by atoms with Crippen LogP contribution in [0.1, 0.15) is 12.5 Å². The topological polar surface area (TPSA) is 64.6 Å². The molecule has 0 heterocycles. The number of carbonyl (C=O) groups excluding carboxylic acids is 2. The molecule has 0 unspecified atom stereocenters. The molecule has 5 nitrogen and oxygen atoms in total. The monoisotopic (exact) mass is 345 g/mol. The minimum atomic E-state index is -0.347. The number of hydrogen-bond acceptors (Lipinski definition) is 5. The van der Waals surface area contributed by atoms with E-state index in [9.17, 15) is 9.59 Å². The summed E-state index contributed by atoms with van der Waals surface area (Å²) in [5.41, 5.74) is 1.61. The highest BCUT2D eigenvalue weighted by molar-refractivity contribution is 8.00. The van der Waals surface area contributed by atoms with Gasteiger partial charge in [-0.05, 0) is 37.6 Å². The zero-order chi connectivity index (χ0) is 16.4. The van der Waals surface area contributed by atoms with Gasteiger partial charge in [-0.1, -0.05) is 11.6 Å². The standard InChI is InChI=1S/C15H20ClNO4S/c1-3-20-6-7-21-15(19)10-22-9-14(18)17-13-5-4-12(16)8-11(13)2/h4-5,8H,3,6-7,9-10H2,1-2H3,(H,17,18). The predicted octanol–water partition coefficient (Wildman–Crippen LogP) is 2.90. The highest BCUT2D eigenvalue weighted by Crippen LogP contribution is 2.19. The molecule has 0 saturated carbocycles. The van der Waals surface area contributed by atoms with E-state index in [1.165, 1.54) is 11.8 Å². The molecule has 0 aliphatic carbocycles. The van der Waals surface area contributed by atoms with Crippen LogP contribution in [0.5, 0.6) is 0 Å². The third-order valence-corrected chi connectivity index (χ3v) is 3.75. The first-order valence-corrected chi connectivity index (χ1v) is 8.43. The van der Waals surface area contributed by atoms with Crippen molar-refractivity contribution in [2.24, 2.45) is 0 Å². The molecule has 0 aromatic heterocycles. The van der Waals surface area contributed by atoms with E-state index < -0.39 is 0 Å². The number of thioether (sulfide) groups is 1. The van der Waals surface area contributed by atoms with Crippen molar-refractivity contribution in [3.05, 3.63) is 28.8 Å². The third-order valence-electron chi connectivity index (χ3n) is 2.61. The van der Waals surface area contributed by atoms with Crippen LogP contribution in [-0.4, -0.2) is 43.2 Å². The zero-order valence-corrected chi connectivity index (χ0v) is 14.3. The van der Waals surface area contributed by atoms with E-state index in [-0.39, 0.29) is 30.0 Å². The van der Waals surface area contributed by atoms with Gasteiger partial charge in [0.25, 0.3) is 0 Å². The molecule has 1 rings (SSSR count). The number of anilines is 1. The molecule has 7 heteroatoms. The van der Waals surface area contributed by atoms with Crippen LogP contribution in [0.25, 0.3) is 0 Å². The summed E-state index contributed by atoms with van der Waals surface area (Å²) in [7, 11) is 0. The van der Waals surface area contributed by atoms with Crippen molar-refractivity contribution < 1.29 is 19.1 Å². The highest BCUT2D eigenvalue weighted by Gasteiger charge is 2.08. The van der Waals surface area contributed by atoms with Gasteiger partial charge in [0.15, 0.2) is 0 Å². The largest absolute Gasteiger partial charge is 0.463 e. The Morgan fingerprint density at radius 2 is 2.05 bits per heavy atom. The molecule has 0 aliphatic heterocycles. The molecule has 122 valence electrons. The molecule has 0 aliphatic rings. The summed E-state index contributed by atoms with van der Waals surface area (Å²) in [4.78, 5) is 23.2. The van der Waals surface area contributed by atoms with Crippen LogP contribution < -0.4 is 5.32 Å². The van der Waals surface area contributed by atoms with Gasteiger partial charge >= 0.3 is 5.97 Å². The van der Waals surface area contributed by atoms with E-state index >= 15 is 0 Å². The van der Waals surface area contributed by atoms with Gasteiger partial charge in [-0.2, -0.15) is 0 Å². The number of halogens is 1. The van der Waals surface area contributed by atoms with E-state index in [4.69, 9.17) is 21.1 Å². The summed E-state index contributed by atoms with van der Waals surface area (Å²) in [6.45, 7) is 4.96. The number of aryl methyl sites for hydroxylation is 1. The lowest BCUT2D eigenvalue weighted by atomic mass is 10.2. The first-order valence-electron chi connectivity index (χ1n) is 6.90. The van der Waals surface area contributed by atoms with Crippen molar-refractivity contribution in [3.8, 4) is 0 Å². The van der Waals surface area contributed by atoms with Crippen molar-refractivity contribution in [1.82, 2.24) is 0 Å². The molecule has 0 saturated heterocycles. The summed E-state index contributed by atoms with van der Waals surface area (Å²) in [6.07, 6.45) is 0. The fourth-order valence-electron chi connectivity index (χ4n) is 1.58. The Labute approximate surface area is 139 Å². The lowest BCUT2D eigenvalue weighted by Crippen LogP contribution is -2.17. The van der Waals surface area contributed by atoms with Crippen molar-refractivity contribution in [2.45, 2.75) is 13.8 Å². The number of ether oxygens (including phenoxy) is 2. The molecule has 1 N–H and O–H groups in total. The van der Waals surface area contributed by atoms with Crippen LogP contribution in [-0.2, 0) is 19.1 Å². The second-order valence-corrected chi connectivity index (χ2v) is 5.84. The first-order chi connectivity index (χ1) is 10.5. The van der Waals surface area contributed by atoms with E-state index in [0.29, 0.717) is 23.9 Å². The predicted molar refractivity (Wildman–Crippen MR) is 89.6 cm³/mol. The minimum absolute atomic E-state index is 0.138. The summed E-state index contributed by atoms with van der Waals surface area (Å²) in [5.74, 6) is -0.195. The van der Waals surface area contributed by atoms with E-state index in [0.717, 1.165) is 5.56 Å². The fourth-order valence-corrected chi connectivity index (χ4v) is 2.42. The molecule has 22 heavy (non-hydrogen) atoms. The average molecular weight is 346 g/mol. The van der Waals surface area contributed by atoms with Gasteiger partial charge in [-0.3, -0.25) is 9.59 Å². The second-order valence-electron chi connectivity index (χ2n) is 4.42. The molecule has 0 radical (unpaired) electrons. The van der Waals surface area contributed by atoms with E-state index in [2.05, 4.69) is 5.32 Å². The number of carbonyl (C=O) groups is 2. The van der Waals surface area contributed by atoms with Crippen molar-refractivity contribution >= 4 is 40.9 Å². The Morgan fingerprint density at radius 3 is 2.73 bits per heavy atom. The molecular formula is C15H20ClNO4S. The van der Waals surface area contributed by atoms with E-state index in [1.54, 1.807) is 18.2 Å². The van der Waals surface area contributed by atoms with Crippen LogP contribution in [0, 0.1) is 6.92 Å². The van der Waals surface area contributed by atoms with Gasteiger partial charge in [-0.15, -0.1) is 11.8 Å². The average Bonchev–Trinajstić information content (AvgIpc) is 2.47. The van der Waals surface area contributed by atoms with Crippen LogP contribution >= 0.6 is 23.4 Å².